The van der Waals surface area contributed by atoms with Gasteiger partial charge in [-0.3, -0.25) is 0 Å². The van der Waals surface area contributed by atoms with Gasteiger partial charge >= 0.3 is 0 Å². The van der Waals surface area contributed by atoms with Gasteiger partial charge in [0.05, 0.1) is 6.61 Å². The maximum atomic E-state index is 13.4. The molecule has 2 aromatic carbocycles. The molecule has 5 rings (SSSR count). The summed E-state index contributed by atoms with van der Waals surface area (Å²) in [6.07, 6.45) is 8.45. The monoisotopic (exact) mass is 487 g/mol. The van der Waals surface area contributed by atoms with Crippen molar-refractivity contribution in [3.63, 3.8) is 0 Å². The summed E-state index contributed by atoms with van der Waals surface area (Å²) in [5, 5.41) is 10.7. The predicted molar refractivity (Wildman–Crippen MR) is 142 cm³/mol. The molecule has 2 fully saturated rings. The lowest BCUT2D eigenvalue weighted by molar-refractivity contribution is 0.167. The maximum absolute atomic E-state index is 13.4. The number of phenols is 1. The number of nitrogens with zero attached hydrogens (tertiary/aromatic N) is 2. The molecule has 3 aromatic rings. The SMILES string of the molecule is CCc1cc(-c2ccc(F)cc2)c(O)cc1OCC1CCCN(C(=C2CCC2)c2ccc(N)nc2)C1. The summed E-state index contributed by atoms with van der Waals surface area (Å²) in [7, 11) is 0. The van der Waals surface area contributed by atoms with Crippen LogP contribution in [0, 0.1) is 11.7 Å². The van der Waals surface area contributed by atoms with Crippen LogP contribution in [0.3, 0.4) is 0 Å². The Morgan fingerprint density at radius 1 is 1.14 bits per heavy atom. The molecule has 5 nitrogen and oxygen atoms in total. The number of aryl methyl sites for hydroxylation is 1. The van der Waals surface area contributed by atoms with Gasteiger partial charge in [0.1, 0.15) is 23.1 Å². The van der Waals surface area contributed by atoms with Gasteiger partial charge in [-0.25, -0.2) is 9.37 Å². The predicted octanol–water partition coefficient (Wildman–Crippen LogP) is 6.42. The summed E-state index contributed by atoms with van der Waals surface area (Å²) < 4.78 is 19.7. The molecule has 0 radical (unpaired) electrons. The van der Waals surface area contributed by atoms with Gasteiger partial charge in [0.15, 0.2) is 0 Å². The molecular weight excluding hydrogens is 453 g/mol. The van der Waals surface area contributed by atoms with Crippen molar-refractivity contribution < 1.29 is 14.2 Å². The largest absolute Gasteiger partial charge is 0.507 e. The average Bonchev–Trinajstić information content (AvgIpc) is 2.86. The highest BCUT2D eigenvalue weighted by Crippen LogP contribution is 2.39. The van der Waals surface area contributed by atoms with Gasteiger partial charge in [-0.2, -0.15) is 0 Å². The number of hydrogen-bond donors (Lipinski definition) is 2. The maximum Gasteiger partial charge on any atom is 0.127 e. The highest BCUT2D eigenvalue weighted by atomic mass is 19.1. The number of allylic oxidation sites excluding steroid dienone is 1. The van der Waals surface area contributed by atoms with Gasteiger partial charge in [0, 0.05) is 48.1 Å². The molecule has 1 atom stereocenters. The summed E-state index contributed by atoms with van der Waals surface area (Å²) in [6.45, 7) is 4.65. The molecule has 2 heterocycles. The van der Waals surface area contributed by atoms with E-state index in [9.17, 15) is 9.50 Å². The molecule has 1 aliphatic heterocycles. The van der Waals surface area contributed by atoms with Crippen molar-refractivity contribution in [3.8, 4) is 22.6 Å². The standard InChI is InChI=1S/C30H34FN3O2/c1-2-21-15-26(22-8-11-25(31)12-9-22)27(35)16-28(21)36-19-20-5-4-14-34(18-20)30(23-6-3-7-23)24-10-13-29(32)33-17-24/h8-13,15-17,20,35H,2-7,14,18-19H2,1H3,(H2,32,33). The molecule has 1 aliphatic carbocycles. The molecule has 2 aliphatic rings. The number of ether oxygens (including phenoxy) is 1. The van der Waals surface area contributed by atoms with Crippen LogP contribution in [0.2, 0.25) is 0 Å². The van der Waals surface area contributed by atoms with Crippen LogP contribution in [0.1, 0.15) is 50.2 Å². The Morgan fingerprint density at radius 3 is 2.61 bits per heavy atom. The summed E-state index contributed by atoms with van der Waals surface area (Å²) in [5.41, 5.74) is 12.3. The summed E-state index contributed by atoms with van der Waals surface area (Å²) in [6, 6.07) is 13.8. The van der Waals surface area contributed by atoms with E-state index in [0.29, 0.717) is 23.9 Å². The van der Waals surface area contributed by atoms with E-state index in [1.165, 1.54) is 29.8 Å². The van der Waals surface area contributed by atoms with Crippen molar-refractivity contribution in [2.24, 2.45) is 5.92 Å². The molecule has 1 saturated carbocycles. The lowest BCUT2D eigenvalue weighted by Gasteiger charge is -2.39. The third kappa shape index (κ3) is 5.18. The molecule has 1 saturated heterocycles. The van der Waals surface area contributed by atoms with Crippen LogP contribution in [0.25, 0.3) is 16.8 Å². The minimum Gasteiger partial charge on any atom is -0.507 e. The Labute approximate surface area is 212 Å². The summed E-state index contributed by atoms with van der Waals surface area (Å²) in [4.78, 5) is 6.85. The molecule has 3 N–H and O–H groups in total. The van der Waals surface area contributed by atoms with E-state index >= 15 is 0 Å². The Bertz CT molecular complexity index is 1230. The van der Waals surface area contributed by atoms with Crippen molar-refractivity contribution in [3.05, 3.63) is 77.2 Å². The minimum atomic E-state index is -0.292. The number of piperidine rings is 1. The average molecular weight is 488 g/mol. The molecule has 188 valence electrons. The number of pyridine rings is 1. The smallest absolute Gasteiger partial charge is 0.127 e. The zero-order chi connectivity index (χ0) is 25.1. The van der Waals surface area contributed by atoms with Crippen LogP contribution in [-0.4, -0.2) is 34.7 Å². The number of nitrogens with two attached hydrogens (primary N) is 1. The number of benzene rings is 2. The highest BCUT2D eigenvalue weighted by Gasteiger charge is 2.27. The molecule has 6 heteroatoms. The van der Waals surface area contributed by atoms with Crippen molar-refractivity contribution in [1.82, 2.24) is 9.88 Å². The summed E-state index contributed by atoms with van der Waals surface area (Å²) in [5.74, 6) is 1.51. The van der Waals surface area contributed by atoms with Crippen LogP contribution in [-0.2, 0) is 6.42 Å². The number of aromatic nitrogens is 1. The van der Waals surface area contributed by atoms with Crippen LogP contribution in [0.4, 0.5) is 10.2 Å². The Balaban J connectivity index is 1.30. The number of aromatic hydroxyl groups is 1. The van der Waals surface area contributed by atoms with E-state index in [1.54, 1.807) is 18.2 Å². The van der Waals surface area contributed by atoms with Gasteiger partial charge in [-0.05, 0) is 85.6 Å². The Hall–Kier alpha value is -3.54. The first-order valence-electron chi connectivity index (χ1n) is 12.9. The van der Waals surface area contributed by atoms with E-state index in [2.05, 4.69) is 22.9 Å². The number of nitrogen functional groups attached to an aromatic ring is 1. The molecule has 0 amide bonds. The second kappa shape index (κ2) is 10.6. The number of rotatable bonds is 7. The third-order valence-corrected chi connectivity index (χ3v) is 7.38. The molecule has 1 aromatic heterocycles. The van der Waals surface area contributed by atoms with Crippen molar-refractivity contribution in [2.75, 3.05) is 25.4 Å². The quantitative estimate of drug-likeness (QED) is 0.402. The first-order valence-corrected chi connectivity index (χ1v) is 12.9. The number of likely N-dealkylation sites (tertiary alicyclic amines) is 1. The Morgan fingerprint density at radius 2 is 1.94 bits per heavy atom. The van der Waals surface area contributed by atoms with Crippen molar-refractivity contribution >= 4 is 11.5 Å². The zero-order valence-corrected chi connectivity index (χ0v) is 20.8. The number of anilines is 1. The normalized spacial score (nSPS) is 17.6. The van der Waals surface area contributed by atoms with E-state index in [0.717, 1.165) is 67.6 Å². The van der Waals surface area contributed by atoms with Crippen molar-refractivity contribution in [1.29, 1.82) is 0 Å². The van der Waals surface area contributed by atoms with E-state index in [-0.39, 0.29) is 11.6 Å². The van der Waals surface area contributed by atoms with Crippen LogP contribution in [0.5, 0.6) is 11.5 Å². The number of halogens is 1. The van der Waals surface area contributed by atoms with Gasteiger partial charge in [0.25, 0.3) is 0 Å². The number of phenolic OH excluding ortho intramolecular Hbond substituents is 1. The molecule has 0 bridgehead atoms. The fraction of sp³-hybridized carbons (Fsp3) is 0.367. The highest BCUT2D eigenvalue weighted by molar-refractivity contribution is 5.72. The second-order valence-corrected chi connectivity index (χ2v) is 9.88. The second-order valence-electron chi connectivity index (χ2n) is 9.88. The zero-order valence-electron chi connectivity index (χ0n) is 20.8. The van der Waals surface area contributed by atoms with Gasteiger partial charge in [0.2, 0.25) is 0 Å². The van der Waals surface area contributed by atoms with Crippen LogP contribution < -0.4 is 10.5 Å². The first-order chi connectivity index (χ1) is 17.5. The molecular formula is C30H34FN3O2. The van der Waals surface area contributed by atoms with Gasteiger partial charge in [-0.15, -0.1) is 0 Å². The van der Waals surface area contributed by atoms with E-state index in [4.69, 9.17) is 10.5 Å². The van der Waals surface area contributed by atoms with Gasteiger partial charge < -0.3 is 20.5 Å². The molecule has 36 heavy (non-hydrogen) atoms. The van der Waals surface area contributed by atoms with E-state index < -0.39 is 0 Å². The van der Waals surface area contributed by atoms with Crippen LogP contribution >= 0.6 is 0 Å². The Kier molecular flexibility index (Phi) is 7.12. The topological polar surface area (TPSA) is 71.6 Å². The van der Waals surface area contributed by atoms with Crippen LogP contribution in [0.15, 0.2) is 60.3 Å². The van der Waals surface area contributed by atoms with Gasteiger partial charge in [-0.1, -0.05) is 19.1 Å². The third-order valence-electron chi connectivity index (χ3n) is 7.38. The lowest BCUT2D eigenvalue weighted by Crippen LogP contribution is -2.37. The fourth-order valence-corrected chi connectivity index (χ4v) is 5.24. The summed E-state index contributed by atoms with van der Waals surface area (Å²) >= 11 is 0. The molecule has 1 unspecified atom stereocenters. The first kappa shape index (κ1) is 24.2. The fourth-order valence-electron chi connectivity index (χ4n) is 5.24. The minimum absolute atomic E-state index is 0.145. The van der Waals surface area contributed by atoms with E-state index in [1.807, 2.05) is 18.3 Å². The van der Waals surface area contributed by atoms with Crippen molar-refractivity contribution in [2.45, 2.75) is 45.4 Å². The number of hydrogen-bond acceptors (Lipinski definition) is 5. The lowest BCUT2D eigenvalue weighted by atomic mass is 9.87. The molecule has 0 spiro atoms.